The van der Waals surface area contributed by atoms with E-state index in [0.717, 1.165) is 5.56 Å². The summed E-state index contributed by atoms with van der Waals surface area (Å²) in [4.78, 5) is 22.2. The third kappa shape index (κ3) is 5.47. The average molecular weight is 307 g/mol. The summed E-state index contributed by atoms with van der Waals surface area (Å²) in [6.45, 7) is 5.23. The number of benzene rings is 1. The maximum absolute atomic E-state index is 11.6. The third-order valence-electron chi connectivity index (χ3n) is 2.71. The van der Waals surface area contributed by atoms with Crippen LogP contribution in [0.4, 0.5) is 0 Å². The number of rotatable bonds is 7. The van der Waals surface area contributed by atoms with Gasteiger partial charge in [-0.3, -0.25) is 9.59 Å². The molecule has 22 heavy (non-hydrogen) atoms. The van der Waals surface area contributed by atoms with Crippen LogP contribution in [0.1, 0.15) is 26.3 Å². The van der Waals surface area contributed by atoms with Crippen LogP contribution in [0, 0.1) is 0 Å². The quantitative estimate of drug-likeness (QED) is 0.753. The Kier molecular flexibility index (Phi) is 6.44. The van der Waals surface area contributed by atoms with E-state index < -0.39 is 17.9 Å². The average Bonchev–Trinajstić information content (AvgIpc) is 2.45. The molecule has 2 N–H and O–H groups in total. The van der Waals surface area contributed by atoms with Crippen molar-refractivity contribution in [2.75, 3.05) is 7.11 Å². The molecule has 0 aliphatic rings. The molecule has 0 saturated heterocycles. The number of ether oxygens (including phenoxy) is 2. The highest BCUT2D eigenvalue weighted by molar-refractivity contribution is 5.94. The number of hydrogen-bond donors (Lipinski definition) is 2. The zero-order valence-electron chi connectivity index (χ0n) is 13.1. The molecule has 120 valence electrons. The van der Waals surface area contributed by atoms with Gasteiger partial charge < -0.3 is 19.9 Å². The molecule has 1 amide bonds. The molecule has 6 heteroatoms. The molecule has 1 atom stereocenters. The molecule has 1 rings (SSSR count). The Morgan fingerprint density at radius 3 is 2.45 bits per heavy atom. The molecule has 0 saturated carbocycles. The van der Waals surface area contributed by atoms with Crippen LogP contribution in [-0.2, 0) is 9.59 Å². The van der Waals surface area contributed by atoms with Gasteiger partial charge in [-0.25, -0.2) is 0 Å². The number of aliphatic carboxylic acids is 1. The Hall–Kier alpha value is -2.50. The summed E-state index contributed by atoms with van der Waals surface area (Å²) in [5.41, 5.74) is 0.742. The Morgan fingerprint density at radius 1 is 1.23 bits per heavy atom. The van der Waals surface area contributed by atoms with Gasteiger partial charge >= 0.3 is 5.97 Å². The number of carbonyl (C=O) groups is 2. The SMILES string of the molecule is COc1cc(/C=C/C(=O)N[C@@H](C)C(=O)O)ccc1OC(C)C. The Bertz CT molecular complexity index is 566. The molecule has 1 aromatic rings. The molecule has 0 spiro atoms. The minimum atomic E-state index is -1.08. The Morgan fingerprint density at radius 2 is 1.91 bits per heavy atom. The van der Waals surface area contributed by atoms with Crippen LogP contribution in [0.25, 0.3) is 6.08 Å². The summed E-state index contributed by atoms with van der Waals surface area (Å²) in [7, 11) is 1.54. The number of carboxylic acids is 1. The highest BCUT2D eigenvalue weighted by Gasteiger charge is 2.12. The standard InChI is InChI=1S/C16H21NO5/c1-10(2)22-13-7-5-12(9-14(13)21-4)6-8-15(18)17-11(3)16(19)20/h5-11H,1-4H3,(H,17,18)(H,19,20)/b8-6+/t11-/m0/s1. The van der Waals surface area contributed by atoms with E-state index in [1.807, 2.05) is 13.8 Å². The molecule has 0 unspecified atom stereocenters. The van der Waals surface area contributed by atoms with E-state index >= 15 is 0 Å². The van der Waals surface area contributed by atoms with Gasteiger partial charge in [-0.2, -0.15) is 0 Å². The first-order chi connectivity index (χ1) is 10.3. The first-order valence-corrected chi connectivity index (χ1v) is 6.89. The monoisotopic (exact) mass is 307 g/mol. The van der Waals surface area contributed by atoms with Crippen molar-refractivity contribution in [3.05, 3.63) is 29.8 Å². The molecule has 0 aliphatic heterocycles. The van der Waals surface area contributed by atoms with Crippen molar-refractivity contribution in [2.24, 2.45) is 0 Å². The predicted molar refractivity (Wildman–Crippen MR) is 83.0 cm³/mol. The maximum Gasteiger partial charge on any atom is 0.325 e. The van der Waals surface area contributed by atoms with Crippen molar-refractivity contribution in [1.82, 2.24) is 5.32 Å². The Labute approximate surface area is 129 Å². The summed E-state index contributed by atoms with van der Waals surface area (Å²) in [5, 5.41) is 11.1. The van der Waals surface area contributed by atoms with E-state index in [1.165, 1.54) is 20.1 Å². The van der Waals surface area contributed by atoms with Gasteiger partial charge in [-0.05, 0) is 44.5 Å². The largest absolute Gasteiger partial charge is 0.493 e. The van der Waals surface area contributed by atoms with Gasteiger partial charge in [0.1, 0.15) is 6.04 Å². The number of amides is 1. The van der Waals surface area contributed by atoms with Gasteiger partial charge in [0, 0.05) is 6.08 Å². The van der Waals surface area contributed by atoms with Crippen molar-refractivity contribution in [3.63, 3.8) is 0 Å². The summed E-state index contributed by atoms with van der Waals surface area (Å²) in [6, 6.07) is 4.34. The normalized spacial score (nSPS) is 12.2. The van der Waals surface area contributed by atoms with Crippen LogP contribution in [-0.4, -0.2) is 36.2 Å². The van der Waals surface area contributed by atoms with Gasteiger partial charge in [0.25, 0.3) is 0 Å². The second-order valence-electron chi connectivity index (χ2n) is 4.98. The summed E-state index contributed by atoms with van der Waals surface area (Å²) in [6.07, 6.45) is 2.88. The third-order valence-corrected chi connectivity index (χ3v) is 2.71. The topological polar surface area (TPSA) is 84.9 Å². The number of methoxy groups -OCH3 is 1. The maximum atomic E-state index is 11.6. The fourth-order valence-electron chi connectivity index (χ4n) is 1.63. The highest BCUT2D eigenvalue weighted by atomic mass is 16.5. The van der Waals surface area contributed by atoms with Gasteiger partial charge in [0.05, 0.1) is 13.2 Å². The van der Waals surface area contributed by atoms with E-state index in [4.69, 9.17) is 14.6 Å². The Balaban J connectivity index is 2.79. The lowest BCUT2D eigenvalue weighted by Crippen LogP contribution is -2.37. The van der Waals surface area contributed by atoms with E-state index in [9.17, 15) is 9.59 Å². The van der Waals surface area contributed by atoms with E-state index in [2.05, 4.69) is 5.32 Å². The first kappa shape index (κ1) is 17.6. The first-order valence-electron chi connectivity index (χ1n) is 6.89. The molecule has 0 aliphatic carbocycles. The molecule has 0 bridgehead atoms. The summed E-state index contributed by atoms with van der Waals surface area (Å²) >= 11 is 0. The van der Waals surface area contributed by atoms with E-state index in [0.29, 0.717) is 11.5 Å². The highest BCUT2D eigenvalue weighted by Crippen LogP contribution is 2.29. The van der Waals surface area contributed by atoms with Crippen molar-refractivity contribution >= 4 is 18.0 Å². The van der Waals surface area contributed by atoms with Gasteiger partial charge in [-0.15, -0.1) is 0 Å². The molecule has 6 nitrogen and oxygen atoms in total. The zero-order chi connectivity index (χ0) is 16.7. The van der Waals surface area contributed by atoms with Crippen LogP contribution >= 0.6 is 0 Å². The summed E-state index contributed by atoms with van der Waals surface area (Å²) in [5.74, 6) is -0.372. The minimum Gasteiger partial charge on any atom is -0.493 e. The number of hydrogen-bond acceptors (Lipinski definition) is 4. The zero-order valence-corrected chi connectivity index (χ0v) is 13.1. The fraction of sp³-hybridized carbons (Fsp3) is 0.375. The predicted octanol–water partition coefficient (Wildman–Crippen LogP) is 2.08. The lowest BCUT2D eigenvalue weighted by atomic mass is 10.2. The molecular formula is C16H21NO5. The molecule has 1 aromatic carbocycles. The van der Waals surface area contributed by atoms with Crippen molar-refractivity contribution in [2.45, 2.75) is 32.9 Å². The van der Waals surface area contributed by atoms with Gasteiger partial charge in [-0.1, -0.05) is 6.07 Å². The fourth-order valence-corrected chi connectivity index (χ4v) is 1.63. The molecule has 0 fully saturated rings. The number of carbonyl (C=O) groups excluding carboxylic acids is 1. The van der Waals surface area contributed by atoms with Gasteiger partial charge in [0.15, 0.2) is 11.5 Å². The minimum absolute atomic E-state index is 0.0265. The van der Waals surface area contributed by atoms with Crippen LogP contribution in [0.3, 0.4) is 0 Å². The van der Waals surface area contributed by atoms with Crippen molar-refractivity contribution < 1.29 is 24.2 Å². The number of nitrogens with one attached hydrogen (secondary N) is 1. The van der Waals surface area contributed by atoms with E-state index in [1.54, 1.807) is 24.3 Å². The molecule has 0 heterocycles. The molecular weight excluding hydrogens is 286 g/mol. The summed E-state index contributed by atoms with van der Waals surface area (Å²) < 4.78 is 10.9. The smallest absolute Gasteiger partial charge is 0.325 e. The van der Waals surface area contributed by atoms with Crippen LogP contribution in [0.15, 0.2) is 24.3 Å². The van der Waals surface area contributed by atoms with Crippen molar-refractivity contribution in [3.8, 4) is 11.5 Å². The van der Waals surface area contributed by atoms with Crippen LogP contribution in [0.2, 0.25) is 0 Å². The van der Waals surface area contributed by atoms with Crippen molar-refractivity contribution in [1.29, 1.82) is 0 Å². The molecule has 0 radical (unpaired) electrons. The lowest BCUT2D eigenvalue weighted by molar-refractivity contribution is -0.140. The molecule has 0 aromatic heterocycles. The van der Waals surface area contributed by atoms with Crippen LogP contribution < -0.4 is 14.8 Å². The van der Waals surface area contributed by atoms with E-state index in [-0.39, 0.29) is 6.10 Å². The lowest BCUT2D eigenvalue weighted by Gasteiger charge is -2.13. The second-order valence-corrected chi connectivity index (χ2v) is 4.98. The number of carboxylic acid groups (broad SMARTS) is 1. The second kappa shape index (κ2) is 8.07. The van der Waals surface area contributed by atoms with Crippen LogP contribution in [0.5, 0.6) is 11.5 Å². The van der Waals surface area contributed by atoms with Gasteiger partial charge in [0.2, 0.25) is 5.91 Å².